The third kappa shape index (κ3) is 5.24. The third-order valence-corrected chi connectivity index (χ3v) is 6.26. The van der Waals surface area contributed by atoms with Gasteiger partial charge in [-0.25, -0.2) is 0 Å². The van der Waals surface area contributed by atoms with Crippen molar-refractivity contribution in [3.63, 3.8) is 0 Å². The summed E-state index contributed by atoms with van der Waals surface area (Å²) < 4.78 is 7.75. The van der Waals surface area contributed by atoms with Gasteiger partial charge in [-0.15, -0.1) is 11.3 Å². The lowest BCUT2D eigenvalue weighted by Gasteiger charge is -2.06. The first-order valence-electron chi connectivity index (χ1n) is 11.0. The van der Waals surface area contributed by atoms with Crippen LogP contribution in [-0.4, -0.2) is 17.1 Å². The minimum absolute atomic E-state index is 0.143. The molecule has 0 aliphatic carbocycles. The Bertz CT molecular complexity index is 1590. The first kappa shape index (κ1) is 23.7. The van der Waals surface area contributed by atoms with E-state index in [4.69, 9.17) is 4.74 Å². The second-order valence-corrected chi connectivity index (χ2v) is 8.70. The summed E-state index contributed by atoms with van der Waals surface area (Å²) in [5.74, 6) is 0.0718. The van der Waals surface area contributed by atoms with E-state index in [2.05, 4.69) is 5.32 Å². The van der Waals surface area contributed by atoms with Gasteiger partial charge in [0.25, 0.3) is 11.5 Å². The van der Waals surface area contributed by atoms with Crippen molar-refractivity contribution >= 4 is 34.6 Å². The van der Waals surface area contributed by atoms with Crippen LogP contribution in [0, 0.1) is 18.3 Å². The van der Waals surface area contributed by atoms with Crippen LogP contribution in [0.2, 0.25) is 0 Å². The van der Waals surface area contributed by atoms with Crippen LogP contribution in [0.5, 0.6) is 5.75 Å². The van der Waals surface area contributed by atoms with E-state index in [0.29, 0.717) is 28.3 Å². The average molecular weight is 482 g/mol. The fourth-order valence-electron chi connectivity index (χ4n) is 3.60. The number of nitriles is 1. The summed E-state index contributed by atoms with van der Waals surface area (Å²) in [6, 6.07) is 25.7. The van der Waals surface area contributed by atoms with Gasteiger partial charge in [0.05, 0.1) is 16.8 Å². The number of carbonyl (C=O) groups excluding carboxylic acids is 1. The molecule has 174 valence electrons. The lowest BCUT2D eigenvalue weighted by Crippen LogP contribution is -2.32. The maximum atomic E-state index is 13.6. The minimum Gasteiger partial charge on any atom is -0.493 e. The quantitative estimate of drug-likeness (QED) is 0.455. The number of hydrogen-bond donors (Lipinski definition) is 1. The van der Waals surface area contributed by atoms with Crippen molar-refractivity contribution in [2.24, 2.45) is 0 Å². The fourth-order valence-corrected chi connectivity index (χ4v) is 4.69. The summed E-state index contributed by atoms with van der Waals surface area (Å²) in [5, 5.41) is 12.7. The molecular formula is C28H23N3O3S. The van der Waals surface area contributed by atoms with Gasteiger partial charge in [-0.3, -0.25) is 14.2 Å². The van der Waals surface area contributed by atoms with Crippen molar-refractivity contribution in [3.05, 3.63) is 110 Å². The van der Waals surface area contributed by atoms with Gasteiger partial charge in [0, 0.05) is 11.3 Å². The van der Waals surface area contributed by atoms with E-state index in [-0.39, 0.29) is 15.8 Å². The molecule has 1 aromatic heterocycles. The first-order valence-corrected chi connectivity index (χ1v) is 11.9. The molecule has 1 heterocycles. The zero-order valence-electron chi connectivity index (χ0n) is 19.3. The van der Waals surface area contributed by atoms with E-state index < -0.39 is 5.91 Å². The predicted molar refractivity (Wildman–Crippen MR) is 139 cm³/mol. The number of rotatable bonds is 6. The van der Waals surface area contributed by atoms with Gasteiger partial charge in [0.15, 0.2) is 5.57 Å². The van der Waals surface area contributed by atoms with Crippen molar-refractivity contribution in [1.29, 1.82) is 5.26 Å². The summed E-state index contributed by atoms with van der Waals surface area (Å²) >= 11 is 1.10. The van der Waals surface area contributed by atoms with Crippen molar-refractivity contribution in [3.8, 4) is 17.5 Å². The number of ether oxygens (including phenoxy) is 1. The van der Waals surface area contributed by atoms with E-state index in [1.165, 1.54) is 4.57 Å². The minimum atomic E-state index is -0.578. The number of nitrogens with one attached hydrogen (secondary N) is 1. The molecule has 6 nitrogen and oxygen atoms in total. The normalized spacial score (nSPS) is 12.1. The molecule has 1 amide bonds. The molecule has 1 N–H and O–H groups in total. The lowest BCUT2D eigenvalue weighted by atomic mass is 10.2. The van der Waals surface area contributed by atoms with Crippen molar-refractivity contribution in [2.45, 2.75) is 13.8 Å². The van der Waals surface area contributed by atoms with Crippen molar-refractivity contribution in [2.75, 3.05) is 11.9 Å². The van der Waals surface area contributed by atoms with Gasteiger partial charge in [-0.2, -0.15) is 5.26 Å². The number of carbonyl (C=O) groups is 1. The van der Waals surface area contributed by atoms with Gasteiger partial charge in [-0.05, 0) is 55.8 Å². The van der Waals surface area contributed by atoms with E-state index in [1.807, 2.05) is 68.4 Å². The summed E-state index contributed by atoms with van der Waals surface area (Å²) in [4.78, 5) is 26.7. The van der Waals surface area contributed by atoms with E-state index in [0.717, 1.165) is 22.5 Å². The van der Waals surface area contributed by atoms with Gasteiger partial charge < -0.3 is 10.1 Å². The maximum absolute atomic E-state index is 13.6. The fraction of sp³-hybridized carbons (Fsp3) is 0.107. The molecule has 0 saturated carbocycles. The molecule has 0 aliphatic rings. The van der Waals surface area contributed by atoms with Crippen molar-refractivity contribution in [1.82, 2.24) is 4.57 Å². The van der Waals surface area contributed by atoms with Crippen LogP contribution in [-0.2, 0) is 4.79 Å². The molecule has 0 radical (unpaired) electrons. The monoisotopic (exact) mass is 481 g/mol. The standard InChI is InChI=1S/C28H23N3O3S/c1-3-34-24-15-8-7-11-20(24)17-25-27(33)31(22-13-5-4-6-14-22)28(35-25)23(18-29)26(32)30-21-12-9-10-19(2)16-21/h4-17H,3H2,1-2H3,(H,30,32). The Morgan fingerprint density at radius 3 is 2.54 bits per heavy atom. The Morgan fingerprint density at radius 1 is 1.09 bits per heavy atom. The van der Waals surface area contributed by atoms with Gasteiger partial charge in [0.2, 0.25) is 0 Å². The molecular weight excluding hydrogens is 458 g/mol. The molecule has 0 unspecified atom stereocenters. The van der Waals surface area contributed by atoms with Gasteiger partial charge in [0.1, 0.15) is 16.5 Å². The SMILES string of the molecule is CCOc1ccccc1C=c1sc(=C(C#N)C(=O)Nc2cccc(C)c2)n(-c2ccccc2)c1=O. The number of amides is 1. The first-order chi connectivity index (χ1) is 17.0. The number of para-hydroxylation sites is 2. The Kier molecular flexibility index (Phi) is 7.24. The van der Waals surface area contributed by atoms with Crippen LogP contribution >= 0.6 is 11.3 Å². The molecule has 3 aromatic carbocycles. The summed E-state index contributed by atoms with van der Waals surface area (Å²) in [5.41, 5.74) is 2.39. The second-order valence-electron chi connectivity index (χ2n) is 7.67. The van der Waals surface area contributed by atoms with Crippen LogP contribution in [0.4, 0.5) is 5.69 Å². The van der Waals surface area contributed by atoms with E-state index >= 15 is 0 Å². The molecule has 0 fully saturated rings. The zero-order valence-corrected chi connectivity index (χ0v) is 20.1. The number of aromatic nitrogens is 1. The second kappa shape index (κ2) is 10.7. The lowest BCUT2D eigenvalue weighted by molar-refractivity contribution is -0.111. The number of nitrogens with zero attached hydrogens (tertiary/aromatic N) is 2. The highest BCUT2D eigenvalue weighted by atomic mass is 32.1. The Morgan fingerprint density at radius 2 is 1.83 bits per heavy atom. The smallest absolute Gasteiger partial charge is 0.273 e. The molecule has 0 atom stereocenters. The Labute approximate surface area is 206 Å². The topological polar surface area (TPSA) is 84.1 Å². The molecule has 0 bridgehead atoms. The highest BCUT2D eigenvalue weighted by molar-refractivity contribution is 7.07. The van der Waals surface area contributed by atoms with Crippen LogP contribution in [0.15, 0.2) is 83.7 Å². The summed E-state index contributed by atoms with van der Waals surface area (Å²) in [7, 11) is 0. The molecule has 35 heavy (non-hydrogen) atoms. The number of aryl methyl sites for hydroxylation is 1. The Balaban J connectivity index is 1.96. The van der Waals surface area contributed by atoms with Crippen LogP contribution in [0.25, 0.3) is 17.3 Å². The van der Waals surface area contributed by atoms with E-state index in [1.54, 1.807) is 36.4 Å². The number of hydrogen-bond acceptors (Lipinski definition) is 5. The van der Waals surface area contributed by atoms with Crippen LogP contribution < -0.4 is 24.8 Å². The van der Waals surface area contributed by atoms with Crippen molar-refractivity contribution < 1.29 is 9.53 Å². The summed E-state index contributed by atoms with van der Waals surface area (Å²) in [6.45, 7) is 4.29. The highest BCUT2D eigenvalue weighted by Gasteiger charge is 2.17. The molecule has 4 aromatic rings. The molecule has 7 heteroatoms. The largest absolute Gasteiger partial charge is 0.493 e. The third-order valence-electron chi connectivity index (χ3n) is 5.17. The molecule has 4 rings (SSSR count). The van der Waals surface area contributed by atoms with Crippen LogP contribution in [0.1, 0.15) is 18.1 Å². The highest BCUT2D eigenvalue weighted by Crippen LogP contribution is 2.18. The number of anilines is 1. The van der Waals surface area contributed by atoms with Gasteiger partial charge in [-0.1, -0.05) is 48.5 Å². The molecule has 0 aliphatic heterocycles. The Hall–Kier alpha value is -4.41. The van der Waals surface area contributed by atoms with Gasteiger partial charge >= 0.3 is 0 Å². The maximum Gasteiger partial charge on any atom is 0.273 e. The molecule has 0 saturated heterocycles. The predicted octanol–water partition coefficient (Wildman–Crippen LogP) is 3.75. The number of benzene rings is 3. The number of thiazole rings is 1. The zero-order chi connectivity index (χ0) is 24.8. The van der Waals surface area contributed by atoms with Crippen LogP contribution in [0.3, 0.4) is 0 Å². The average Bonchev–Trinajstić information content (AvgIpc) is 3.17. The van der Waals surface area contributed by atoms with E-state index in [9.17, 15) is 14.9 Å². The summed E-state index contributed by atoms with van der Waals surface area (Å²) in [6.07, 6.45) is 1.73. The molecule has 0 spiro atoms.